The Labute approximate surface area is 94.6 Å². The molecule has 0 saturated heterocycles. The SMILES string of the molecule is CCCC(O)(O)C(=O)[O-].C[n+]1ccccc1. The number of carboxylic acids is 1. The maximum absolute atomic E-state index is 9.80. The number of aromatic nitrogens is 1. The molecule has 1 aromatic heterocycles. The molecule has 0 amide bonds. The third-order valence-electron chi connectivity index (χ3n) is 1.79. The van der Waals surface area contributed by atoms with Gasteiger partial charge >= 0.3 is 0 Å². The molecule has 16 heavy (non-hydrogen) atoms. The van der Waals surface area contributed by atoms with Crippen molar-refractivity contribution in [3.05, 3.63) is 30.6 Å². The lowest BCUT2D eigenvalue weighted by molar-refractivity contribution is -0.671. The normalized spacial score (nSPS) is 10.2. The number of aliphatic carboxylic acids is 1. The van der Waals surface area contributed by atoms with Gasteiger partial charge in [0.15, 0.2) is 12.4 Å². The maximum atomic E-state index is 9.80. The van der Waals surface area contributed by atoms with Crippen LogP contribution in [0.25, 0.3) is 0 Å². The third kappa shape index (κ3) is 6.10. The molecule has 0 unspecified atom stereocenters. The summed E-state index contributed by atoms with van der Waals surface area (Å²) in [5, 5.41) is 26.8. The van der Waals surface area contributed by atoms with Gasteiger partial charge in [-0.1, -0.05) is 19.4 Å². The van der Waals surface area contributed by atoms with Crippen LogP contribution in [0.15, 0.2) is 30.6 Å². The summed E-state index contributed by atoms with van der Waals surface area (Å²) >= 11 is 0. The Morgan fingerprint density at radius 2 is 1.81 bits per heavy atom. The van der Waals surface area contributed by atoms with Gasteiger partial charge in [-0.2, -0.15) is 0 Å². The topological polar surface area (TPSA) is 84.5 Å². The molecule has 0 radical (unpaired) electrons. The molecule has 5 nitrogen and oxygen atoms in total. The van der Waals surface area contributed by atoms with Crippen LogP contribution in [0.3, 0.4) is 0 Å². The van der Waals surface area contributed by atoms with E-state index in [0.717, 1.165) is 0 Å². The average molecular weight is 227 g/mol. The Bertz CT molecular complexity index is 311. The summed E-state index contributed by atoms with van der Waals surface area (Å²) in [6.45, 7) is 1.64. The fourth-order valence-corrected chi connectivity index (χ4v) is 0.935. The maximum Gasteiger partial charge on any atom is 0.204 e. The first kappa shape index (κ1) is 14.5. The van der Waals surface area contributed by atoms with Gasteiger partial charge in [0.25, 0.3) is 0 Å². The molecule has 2 N–H and O–H groups in total. The van der Waals surface area contributed by atoms with Gasteiger partial charge < -0.3 is 20.1 Å². The number of carbonyl (C=O) groups excluding carboxylic acids is 1. The van der Waals surface area contributed by atoms with Gasteiger partial charge in [-0.25, -0.2) is 4.57 Å². The summed E-state index contributed by atoms with van der Waals surface area (Å²) in [5.41, 5.74) is 0. The minimum absolute atomic E-state index is 0.199. The molecule has 0 aliphatic carbocycles. The number of pyridine rings is 1. The van der Waals surface area contributed by atoms with Crippen LogP contribution in [-0.4, -0.2) is 22.0 Å². The molecule has 0 spiro atoms. The van der Waals surface area contributed by atoms with E-state index < -0.39 is 11.8 Å². The largest absolute Gasteiger partial charge is 0.544 e. The van der Waals surface area contributed by atoms with E-state index in [1.54, 1.807) is 6.92 Å². The fraction of sp³-hybridized carbons (Fsp3) is 0.455. The van der Waals surface area contributed by atoms with Crippen molar-refractivity contribution in [2.24, 2.45) is 7.05 Å². The van der Waals surface area contributed by atoms with Crippen molar-refractivity contribution in [3.8, 4) is 0 Å². The van der Waals surface area contributed by atoms with Crippen molar-refractivity contribution in [2.75, 3.05) is 0 Å². The molecule has 5 heteroatoms. The quantitative estimate of drug-likeness (QED) is 0.498. The zero-order valence-corrected chi connectivity index (χ0v) is 9.46. The molecule has 1 heterocycles. The molecule has 0 aliphatic heterocycles. The minimum Gasteiger partial charge on any atom is -0.544 e. The number of carbonyl (C=O) groups is 1. The summed E-state index contributed by atoms with van der Waals surface area (Å²) < 4.78 is 2.00. The monoisotopic (exact) mass is 227 g/mol. The number of aliphatic hydroxyl groups is 2. The van der Waals surface area contributed by atoms with E-state index in [1.807, 2.05) is 42.2 Å². The smallest absolute Gasteiger partial charge is 0.204 e. The van der Waals surface area contributed by atoms with Crippen LogP contribution in [-0.2, 0) is 11.8 Å². The van der Waals surface area contributed by atoms with E-state index in [1.165, 1.54) is 0 Å². The van der Waals surface area contributed by atoms with Gasteiger partial charge in [-0.3, -0.25) is 0 Å². The first-order valence-corrected chi connectivity index (χ1v) is 4.96. The van der Waals surface area contributed by atoms with Crippen LogP contribution in [0.2, 0.25) is 0 Å². The third-order valence-corrected chi connectivity index (χ3v) is 1.79. The highest BCUT2D eigenvalue weighted by Gasteiger charge is 2.22. The molecular formula is C11H17NO4. The van der Waals surface area contributed by atoms with Crippen LogP contribution in [0.4, 0.5) is 0 Å². The molecular weight excluding hydrogens is 210 g/mol. The van der Waals surface area contributed by atoms with Crippen molar-refractivity contribution in [1.82, 2.24) is 0 Å². The number of aryl methyl sites for hydroxylation is 1. The Morgan fingerprint density at radius 1 is 1.31 bits per heavy atom. The Morgan fingerprint density at radius 3 is 2.00 bits per heavy atom. The van der Waals surface area contributed by atoms with Crippen molar-refractivity contribution in [1.29, 1.82) is 0 Å². The minimum atomic E-state index is -2.64. The lowest BCUT2D eigenvalue weighted by atomic mass is 10.1. The number of nitrogens with zero attached hydrogens (tertiary/aromatic N) is 1. The molecule has 1 aromatic rings. The van der Waals surface area contributed by atoms with Gasteiger partial charge in [0.1, 0.15) is 13.0 Å². The summed E-state index contributed by atoms with van der Waals surface area (Å²) in [7, 11) is 2.00. The summed E-state index contributed by atoms with van der Waals surface area (Å²) in [6.07, 6.45) is 4.19. The van der Waals surface area contributed by atoms with E-state index in [0.29, 0.717) is 6.42 Å². The first-order chi connectivity index (χ1) is 7.40. The summed E-state index contributed by atoms with van der Waals surface area (Å²) in [4.78, 5) is 9.80. The fourth-order valence-electron chi connectivity index (χ4n) is 0.935. The molecule has 0 aliphatic rings. The van der Waals surface area contributed by atoms with Crippen LogP contribution in [0.1, 0.15) is 19.8 Å². The Hall–Kier alpha value is -1.46. The molecule has 0 fully saturated rings. The van der Waals surface area contributed by atoms with Gasteiger partial charge in [0.2, 0.25) is 5.79 Å². The molecule has 1 rings (SSSR count). The van der Waals surface area contributed by atoms with Crippen LogP contribution in [0, 0.1) is 0 Å². The van der Waals surface area contributed by atoms with Crippen molar-refractivity contribution < 1.29 is 24.7 Å². The Kier molecular flexibility index (Phi) is 6.29. The van der Waals surface area contributed by atoms with E-state index >= 15 is 0 Å². The molecule has 90 valence electrons. The summed E-state index contributed by atoms with van der Waals surface area (Å²) in [6, 6.07) is 6.00. The van der Waals surface area contributed by atoms with E-state index in [9.17, 15) is 9.90 Å². The highest BCUT2D eigenvalue weighted by Crippen LogP contribution is 2.05. The number of hydrogen-bond acceptors (Lipinski definition) is 4. The zero-order valence-electron chi connectivity index (χ0n) is 9.46. The predicted molar refractivity (Wildman–Crippen MR) is 54.7 cm³/mol. The standard InChI is InChI=1S/C6H8N.C5H10O4/c1-7-5-3-2-4-6-7;1-2-3-5(8,9)4(6)7/h2-6H,1H3;8-9H,2-3H2,1H3,(H,6,7)/q+1;/p-1. The van der Waals surface area contributed by atoms with E-state index in [4.69, 9.17) is 10.2 Å². The number of carboxylic acid groups (broad SMARTS) is 1. The highest BCUT2D eigenvalue weighted by molar-refractivity contribution is 5.72. The van der Waals surface area contributed by atoms with Crippen molar-refractivity contribution >= 4 is 5.97 Å². The number of rotatable bonds is 3. The second kappa shape index (κ2) is 6.92. The first-order valence-electron chi connectivity index (χ1n) is 4.96. The van der Waals surface area contributed by atoms with Crippen LogP contribution < -0.4 is 9.67 Å². The molecule has 0 atom stereocenters. The number of hydrogen-bond donors (Lipinski definition) is 2. The van der Waals surface area contributed by atoms with Crippen molar-refractivity contribution in [2.45, 2.75) is 25.6 Å². The average Bonchev–Trinajstić information content (AvgIpc) is 2.19. The van der Waals surface area contributed by atoms with Gasteiger partial charge in [0.05, 0.1) is 0 Å². The highest BCUT2D eigenvalue weighted by atomic mass is 16.5. The van der Waals surface area contributed by atoms with E-state index in [2.05, 4.69) is 0 Å². The second-order valence-corrected chi connectivity index (χ2v) is 3.40. The zero-order chi connectivity index (χ0) is 12.6. The lowest BCUT2D eigenvalue weighted by Gasteiger charge is -2.21. The summed E-state index contributed by atoms with van der Waals surface area (Å²) in [5.74, 6) is -4.49. The van der Waals surface area contributed by atoms with Crippen LogP contribution in [0.5, 0.6) is 0 Å². The second-order valence-electron chi connectivity index (χ2n) is 3.40. The predicted octanol–water partition coefficient (Wildman–Crippen LogP) is -1.27. The Balaban J connectivity index is 0.000000288. The molecule has 0 bridgehead atoms. The molecule has 0 saturated carbocycles. The van der Waals surface area contributed by atoms with Gasteiger partial charge in [-0.15, -0.1) is 0 Å². The lowest BCUT2D eigenvalue weighted by Crippen LogP contribution is -2.48. The van der Waals surface area contributed by atoms with Crippen LogP contribution >= 0.6 is 0 Å². The van der Waals surface area contributed by atoms with Gasteiger partial charge in [0, 0.05) is 18.6 Å². The molecule has 0 aromatic carbocycles. The van der Waals surface area contributed by atoms with Crippen molar-refractivity contribution in [3.63, 3.8) is 0 Å². The van der Waals surface area contributed by atoms with Gasteiger partial charge in [-0.05, 0) is 0 Å². The van der Waals surface area contributed by atoms with E-state index in [-0.39, 0.29) is 6.42 Å².